The van der Waals surface area contributed by atoms with Crippen molar-refractivity contribution in [2.75, 3.05) is 0 Å². The first-order valence-electron chi connectivity index (χ1n) is 2.70. The lowest BCUT2D eigenvalue weighted by molar-refractivity contribution is -0.134. The van der Waals surface area contributed by atoms with E-state index >= 15 is 0 Å². The molecule has 0 fully saturated rings. The molecule has 0 rings (SSSR count). The molecule has 0 heterocycles. The van der Waals surface area contributed by atoms with Gasteiger partial charge in [0.15, 0.2) is 16.3 Å². The quantitative estimate of drug-likeness (QED) is 0.733. The van der Waals surface area contributed by atoms with Crippen molar-refractivity contribution in [2.24, 2.45) is 0 Å². The highest BCUT2D eigenvalue weighted by Crippen LogP contribution is 2.00. The fourth-order valence-electron chi connectivity index (χ4n) is 0.368. The minimum absolute atomic E-state index is 0.0573. The minimum atomic E-state index is -0.574. The standard InChI is InChI=1S/C5H9BrO3/c1-2-4(7)3-5(8)9-6/h4,7H,2-3H2,1H3. The van der Waals surface area contributed by atoms with E-state index in [9.17, 15) is 4.79 Å². The molecule has 3 nitrogen and oxygen atoms in total. The zero-order valence-corrected chi connectivity index (χ0v) is 6.72. The summed E-state index contributed by atoms with van der Waals surface area (Å²) in [4.78, 5) is 10.4. The number of hydrogen-bond donors (Lipinski definition) is 1. The summed E-state index contributed by atoms with van der Waals surface area (Å²) in [7, 11) is 0. The number of hydrogen-bond acceptors (Lipinski definition) is 3. The number of aliphatic hydroxyl groups excluding tert-OH is 1. The van der Waals surface area contributed by atoms with Gasteiger partial charge in [-0.1, -0.05) is 6.92 Å². The normalized spacial score (nSPS) is 12.8. The van der Waals surface area contributed by atoms with E-state index in [1.54, 1.807) is 6.92 Å². The van der Waals surface area contributed by atoms with Crippen molar-refractivity contribution < 1.29 is 13.7 Å². The van der Waals surface area contributed by atoms with Crippen LogP contribution in [0.25, 0.3) is 0 Å². The van der Waals surface area contributed by atoms with Gasteiger partial charge in [-0.2, -0.15) is 0 Å². The topological polar surface area (TPSA) is 46.5 Å². The minimum Gasteiger partial charge on any atom is -0.393 e. The summed E-state index contributed by atoms with van der Waals surface area (Å²) in [6, 6.07) is 0. The summed E-state index contributed by atoms with van der Waals surface area (Å²) in [5, 5.41) is 8.84. The van der Waals surface area contributed by atoms with Gasteiger partial charge in [-0.25, -0.2) is 0 Å². The van der Waals surface area contributed by atoms with E-state index in [4.69, 9.17) is 5.11 Å². The van der Waals surface area contributed by atoms with Gasteiger partial charge in [-0.3, -0.25) is 4.79 Å². The van der Waals surface area contributed by atoms with E-state index < -0.39 is 12.1 Å². The predicted octanol–water partition coefficient (Wildman–Crippen LogP) is 1.00. The van der Waals surface area contributed by atoms with Gasteiger partial charge in [0, 0.05) is 0 Å². The van der Waals surface area contributed by atoms with E-state index in [1.165, 1.54) is 0 Å². The monoisotopic (exact) mass is 196 g/mol. The fourth-order valence-corrected chi connectivity index (χ4v) is 0.500. The summed E-state index contributed by atoms with van der Waals surface area (Å²) in [5.74, 6) is -0.440. The number of rotatable bonds is 3. The first kappa shape index (κ1) is 8.91. The lowest BCUT2D eigenvalue weighted by Crippen LogP contribution is -2.11. The van der Waals surface area contributed by atoms with Crippen molar-refractivity contribution >= 4 is 22.2 Å². The average molecular weight is 197 g/mol. The molecule has 0 bridgehead atoms. The molecule has 0 aliphatic carbocycles. The van der Waals surface area contributed by atoms with Gasteiger partial charge in [0.05, 0.1) is 12.5 Å². The van der Waals surface area contributed by atoms with Crippen LogP contribution in [-0.2, 0) is 8.62 Å². The highest BCUT2D eigenvalue weighted by molar-refractivity contribution is 9.06. The van der Waals surface area contributed by atoms with Gasteiger partial charge < -0.3 is 8.93 Å². The Morgan fingerprint density at radius 2 is 2.44 bits per heavy atom. The number of carbonyl (C=O) groups excluding carboxylic acids is 1. The molecule has 1 atom stereocenters. The second kappa shape index (κ2) is 4.76. The van der Waals surface area contributed by atoms with Crippen LogP contribution < -0.4 is 0 Å². The van der Waals surface area contributed by atoms with Gasteiger partial charge >= 0.3 is 5.97 Å². The van der Waals surface area contributed by atoms with Crippen molar-refractivity contribution in [3.8, 4) is 0 Å². The Hall–Kier alpha value is -0.0900. The lowest BCUT2D eigenvalue weighted by atomic mass is 10.2. The van der Waals surface area contributed by atoms with Crippen molar-refractivity contribution in [3.63, 3.8) is 0 Å². The van der Waals surface area contributed by atoms with E-state index in [1.807, 2.05) is 0 Å². The van der Waals surface area contributed by atoms with Crippen molar-refractivity contribution in [3.05, 3.63) is 0 Å². The summed E-state index contributed by atoms with van der Waals surface area (Å²) in [6.45, 7) is 1.80. The third-order valence-corrected chi connectivity index (χ3v) is 1.32. The van der Waals surface area contributed by atoms with Crippen LogP contribution in [-0.4, -0.2) is 17.2 Å². The third-order valence-electron chi connectivity index (χ3n) is 0.960. The Kier molecular flexibility index (Phi) is 4.71. The second-order valence-corrected chi connectivity index (χ2v) is 2.04. The smallest absolute Gasteiger partial charge is 0.319 e. The molecule has 1 N–H and O–H groups in total. The SMILES string of the molecule is CCC(O)CC(=O)OBr. The van der Waals surface area contributed by atoms with Gasteiger partial charge in [-0.05, 0) is 6.42 Å². The number of aliphatic hydroxyl groups is 1. The molecule has 0 aromatic heterocycles. The van der Waals surface area contributed by atoms with Crippen molar-refractivity contribution in [1.29, 1.82) is 0 Å². The van der Waals surface area contributed by atoms with Crippen LogP contribution in [0.2, 0.25) is 0 Å². The van der Waals surface area contributed by atoms with E-state index in [-0.39, 0.29) is 6.42 Å². The lowest BCUT2D eigenvalue weighted by Gasteiger charge is -2.02. The molecule has 0 aromatic rings. The third kappa shape index (κ3) is 4.42. The predicted molar refractivity (Wildman–Crippen MR) is 35.9 cm³/mol. The maximum absolute atomic E-state index is 10.4. The molecule has 0 aliphatic heterocycles. The summed E-state index contributed by atoms with van der Waals surface area (Å²) in [5.41, 5.74) is 0. The number of carbonyl (C=O) groups is 1. The number of halogens is 1. The van der Waals surface area contributed by atoms with E-state index in [0.717, 1.165) is 0 Å². The molecule has 54 valence electrons. The van der Waals surface area contributed by atoms with Crippen LogP contribution in [0.1, 0.15) is 19.8 Å². The summed E-state index contributed by atoms with van der Waals surface area (Å²) >= 11 is 2.51. The fraction of sp³-hybridized carbons (Fsp3) is 0.800. The molecule has 0 aliphatic rings. The van der Waals surface area contributed by atoms with E-state index in [0.29, 0.717) is 6.42 Å². The summed E-state index contributed by atoms with van der Waals surface area (Å²) in [6.07, 6.45) is 0.0548. The molecule has 0 saturated heterocycles. The van der Waals surface area contributed by atoms with Crippen molar-refractivity contribution in [1.82, 2.24) is 0 Å². The molecule has 4 heteroatoms. The Labute approximate surface area is 62.5 Å². The highest BCUT2D eigenvalue weighted by atomic mass is 79.9. The largest absolute Gasteiger partial charge is 0.393 e. The molecule has 0 radical (unpaired) electrons. The Balaban J connectivity index is 3.34. The molecule has 0 amide bonds. The molecule has 1 unspecified atom stereocenters. The van der Waals surface area contributed by atoms with Crippen molar-refractivity contribution in [2.45, 2.75) is 25.9 Å². The molecule has 0 saturated carbocycles. The molecule has 9 heavy (non-hydrogen) atoms. The van der Waals surface area contributed by atoms with Crippen LogP contribution in [0.15, 0.2) is 0 Å². The van der Waals surface area contributed by atoms with Crippen LogP contribution >= 0.6 is 16.3 Å². The molecule has 0 aromatic carbocycles. The van der Waals surface area contributed by atoms with Crippen LogP contribution in [0.3, 0.4) is 0 Å². The van der Waals surface area contributed by atoms with Gasteiger partial charge in [-0.15, -0.1) is 0 Å². The first-order valence-corrected chi connectivity index (χ1v) is 3.35. The van der Waals surface area contributed by atoms with E-state index in [2.05, 4.69) is 20.1 Å². The first-order chi connectivity index (χ1) is 4.20. The molecule has 0 spiro atoms. The maximum Gasteiger partial charge on any atom is 0.319 e. The van der Waals surface area contributed by atoms with Gasteiger partial charge in [0.1, 0.15) is 0 Å². The zero-order valence-electron chi connectivity index (χ0n) is 5.13. The Morgan fingerprint density at radius 3 is 2.78 bits per heavy atom. The average Bonchev–Trinajstić information content (AvgIpc) is 1.87. The highest BCUT2D eigenvalue weighted by Gasteiger charge is 2.07. The second-order valence-electron chi connectivity index (χ2n) is 1.72. The van der Waals surface area contributed by atoms with Gasteiger partial charge in [0.2, 0.25) is 0 Å². The molecular formula is C5H9BrO3. The zero-order chi connectivity index (χ0) is 7.28. The van der Waals surface area contributed by atoms with Crippen LogP contribution in [0.4, 0.5) is 0 Å². The van der Waals surface area contributed by atoms with Crippen LogP contribution in [0, 0.1) is 0 Å². The molecular weight excluding hydrogens is 188 g/mol. The summed E-state index contributed by atoms with van der Waals surface area (Å²) < 4.78 is 4.14. The Morgan fingerprint density at radius 1 is 1.89 bits per heavy atom. The van der Waals surface area contributed by atoms with Crippen LogP contribution in [0.5, 0.6) is 0 Å². The maximum atomic E-state index is 10.4. The van der Waals surface area contributed by atoms with Gasteiger partial charge in [0.25, 0.3) is 0 Å². The Bertz CT molecular complexity index is 94.2.